The molecule has 0 saturated carbocycles. The lowest BCUT2D eigenvalue weighted by molar-refractivity contribution is -0.157. The van der Waals surface area contributed by atoms with E-state index in [1.807, 2.05) is 0 Å². The molecule has 2 rings (SSSR count). The van der Waals surface area contributed by atoms with Crippen LogP contribution in [0.15, 0.2) is 18.2 Å². The molecule has 0 bridgehead atoms. The normalized spacial score (nSPS) is 19.4. The predicted molar refractivity (Wildman–Crippen MR) is 83.3 cm³/mol. The number of hydrogen-bond acceptors (Lipinski definition) is 5. The SMILES string of the molecule is CCOC(=O)C(=O)C1C(=O)c2ccc(I)cc2OC1(C)C. The third-order valence-electron chi connectivity index (χ3n) is 3.28. The Balaban J connectivity index is 2.43. The van der Waals surface area contributed by atoms with Crippen molar-refractivity contribution >= 4 is 40.1 Å². The number of fused-ring (bicyclic) bond motifs is 1. The van der Waals surface area contributed by atoms with Crippen molar-refractivity contribution in [3.63, 3.8) is 0 Å². The van der Waals surface area contributed by atoms with Crippen LogP contribution in [0.4, 0.5) is 0 Å². The fourth-order valence-corrected chi connectivity index (χ4v) is 2.82. The molecule has 0 aromatic heterocycles. The van der Waals surface area contributed by atoms with Crippen LogP contribution in [-0.2, 0) is 14.3 Å². The van der Waals surface area contributed by atoms with Gasteiger partial charge in [-0.2, -0.15) is 0 Å². The molecule has 1 heterocycles. The fraction of sp³-hybridized carbons (Fsp3) is 0.400. The number of benzene rings is 1. The van der Waals surface area contributed by atoms with Crippen molar-refractivity contribution in [3.05, 3.63) is 27.3 Å². The zero-order chi connectivity index (χ0) is 15.8. The van der Waals surface area contributed by atoms with E-state index in [0.29, 0.717) is 11.3 Å². The number of carbonyl (C=O) groups is 3. The van der Waals surface area contributed by atoms with E-state index in [2.05, 4.69) is 22.6 Å². The summed E-state index contributed by atoms with van der Waals surface area (Å²) in [7, 11) is 0. The highest BCUT2D eigenvalue weighted by Crippen LogP contribution is 2.38. The first kappa shape index (κ1) is 15.9. The highest BCUT2D eigenvalue weighted by atomic mass is 127. The average molecular weight is 402 g/mol. The Kier molecular flexibility index (Phi) is 4.36. The molecule has 1 atom stereocenters. The number of Topliss-reactive ketones (excluding diaryl/α,β-unsaturated/α-hetero) is 2. The van der Waals surface area contributed by atoms with Crippen LogP contribution < -0.4 is 4.74 Å². The van der Waals surface area contributed by atoms with Crippen molar-refractivity contribution in [2.45, 2.75) is 26.4 Å². The largest absolute Gasteiger partial charge is 0.486 e. The van der Waals surface area contributed by atoms with Gasteiger partial charge in [0.15, 0.2) is 5.78 Å². The molecule has 5 nitrogen and oxygen atoms in total. The minimum absolute atomic E-state index is 0.0849. The predicted octanol–water partition coefficient (Wildman–Crippen LogP) is 2.39. The molecular formula is C15H15IO5. The van der Waals surface area contributed by atoms with Crippen LogP contribution in [0.5, 0.6) is 5.75 Å². The third-order valence-corrected chi connectivity index (χ3v) is 3.95. The summed E-state index contributed by atoms with van der Waals surface area (Å²) in [5, 5.41) is 0. The van der Waals surface area contributed by atoms with Crippen LogP contribution in [0.2, 0.25) is 0 Å². The Labute approximate surface area is 136 Å². The lowest BCUT2D eigenvalue weighted by atomic mass is 9.78. The molecule has 112 valence electrons. The lowest BCUT2D eigenvalue weighted by Gasteiger charge is -2.37. The minimum atomic E-state index is -1.19. The topological polar surface area (TPSA) is 69.7 Å². The van der Waals surface area contributed by atoms with Crippen LogP contribution in [-0.4, -0.2) is 29.7 Å². The van der Waals surface area contributed by atoms with Gasteiger partial charge in [-0.3, -0.25) is 9.59 Å². The van der Waals surface area contributed by atoms with Crippen LogP contribution in [0.1, 0.15) is 31.1 Å². The first-order valence-electron chi connectivity index (χ1n) is 6.51. The van der Waals surface area contributed by atoms with Gasteiger partial charge in [0.2, 0.25) is 0 Å². The summed E-state index contributed by atoms with van der Waals surface area (Å²) >= 11 is 2.11. The van der Waals surface area contributed by atoms with Crippen molar-refractivity contribution in [1.29, 1.82) is 0 Å². The molecule has 0 fully saturated rings. The smallest absolute Gasteiger partial charge is 0.375 e. The summed E-state index contributed by atoms with van der Waals surface area (Å²) in [5.74, 6) is -3.03. The number of ketones is 2. The standard InChI is InChI=1S/C15H15IO5/c1-4-20-14(19)13(18)11-12(17)9-6-5-8(16)7-10(9)21-15(11,2)3/h5-7,11H,4H2,1-3H3. The van der Waals surface area contributed by atoms with E-state index in [1.165, 1.54) is 0 Å². The lowest BCUT2D eigenvalue weighted by Crippen LogP contribution is -2.52. The second kappa shape index (κ2) is 5.75. The molecule has 1 aromatic carbocycles. The van der Waals surface area contributed by atoms with Crippen molar-refractivity contribution in [2.24, 2.45) is 5.92 Å². The van der Waals surface area contributed by atoms with Crippen molar-refractivity contribution in [1.82, 2.24) is 0 Å². The van der Waals surface area contributed by atoms with E-state index in [9.17, 15) is 14.4 Å². The van der Waals surface area contributed by atoms with E-state index < -0.39 is 29.1 Å². The third kappa shape index (κ3) is 2.95. The molecule has 0 amide bonds. The van der Waals surface area contributed by atoms with Gasteiger partial charge in [0.25, 0.3) is 5.78 Å². The molecule has 6 heteroatoms. The first-order valence-corrected chi connectivity index (χ1v) is 7.59. The Morgan fingerprint density at radius 3 is 2.67 bits per heavy atom. The van der Waals surface area contributed by atoms with Gasteiger partial charge in [-0.1, -0.05) is 0 Å². The Morgan fingerprint density at radius 2 is 2.05 bits per heavy atom. The molecule has 0 aliphatic carbocycles. The molecule has 1 aliphatic heterocycles. The average Bonchev–Trinajstić information content (AvgIpc) is 2.37. The van der Waals surface area contributed by atoms with E-state index in [4.69, 9.17) is 9.47 Å². The summed E-state index contributed by atoms with van der Waals surface area (Å²) < 4.78 is 11.4. The van der Waals surface area contributed by atoms with E-state index in [1.54, 1.807) is 39.0 Å². The number of carbonyl (C=O) groups excluding carboxylic acids is 3. The highest BCUT2D eigenvalue weighted by molar-refractivity contribution is 14.1. The molecule has 0 spiro atoms. The van der Waals surface area contributed by atoms with Gasteiger partial charge in [0, 0.05) is 3.57 Å². The maximum atomic E-state index is 12.6. The molecule has 21 heavy (non-hydrogen) atoms. The van der Waals surface area contributed by atoms with Crippen LogP contribution >= 0.6 is 22.6 Å². The first-order chi connectivity index (χ1) is 9.77. The van der Waals surface area contributed by atoms with E-state index >= 15 is 0 Å². The van der Waals surface area contributed by atoms with Crippen molar-refractivity contribution in [2.75, 3.05) is 6.61 Å². The minimum Gasteiger partial charge on any atom is -0.486 e. The van der Waals surface area contributed by atoms with Crippen molar-refractivity contribution in [3.8, 4) is 5.75 Å². The monoisotopic (exact) mass is 402 g/mol. The van der Waals surface area contributed by atoms with Crippen LogP contribution in [0, 0.1) is 9.49 Å². The fourth-order valence-electron chi connectivity index (χ4n) is 2.35. The molecule has 1 aromatic rings. The van der Waals surface area contributed by atoms with Gasteiger partial charge < -0.3 is 9.47 Å². The van der Waals surface area contributed by atoms with Gasteiger partial charge in [0.1, 0.15) is 17.3 Å². The van der Waals surface area contributed by atoms with Gasteiger partial charge in [-0.25, -0.2) is 4.79 Å². The Morgan fingerprint density at radius 1 is 1.38 bits per heavy atom. The molecular weight excluding hydrogens is 387 g/mol. The quantitative estimate of drug-likeness (QED) is 0.336. The summed E-state index contributed by atoms with van der Waals surface area (Å²) in [5.41, 5.74) is -0.782. The van der Waals surface area contributed by atoms with Crippen LogP contribution in [0.3, 0.4) is 0 Å². The van der Waals surface area contributed by atoms with E-state index in [-0.39, 0.29) is 6.61 Å². The second-order valence-corrected chi connectivity index (χ2v) is 6.47. The highest BCUT2D eigenvalue weighted by Gasteiger charge is 2.50. The maximum Gasteiger partial charge on any atom is 0.375 e. The number of rotatable bonds is 3. The molecule has 0 N–H and O–H groups in total. The van der Waals surface area contributed by atoms with Gasteiger partial charge >= 0.3 is 5.97 Å². The molecule has 1 aliphatic rings. The summed E-state index contributed by atoms with van der Waals surface area (Å²) in [6.45, 7) is 4.93. The van der Waals surface area contributed by atoms with E-state index in [0.717, 1.165) is 3.57 Å². The Hall–Kier alpha value is -1.44. The van der Waals surface area contributed by atoms with Gasteiger partial charge in [-0.15, -0.1) is 0 Å². The Bertz CT molecular complexity index is 620. The number of esters is 1. The van der Waals surface area contributed by atoms with Gasteiger partial charge in [0.05, 0.1) is 12.2 Å². The summed E-state index contributed by atoms with van der Waals surface area (Å²) in [6, 6.07) is 5.10. The number of halogens is 1. The number of hydrogen-bond donors (Lipinski definition) is 0. The number of ether oxygens (including phenoxy) is 2. The molecule has 1 unspecified atom stereocenters. The molecule has 0 saturated heterocycles. The van der Waals surface area contributed by atoms with Gasteiger partial charge in [-0.05, 0) is 61.6 Å². The van der Waals surface area contributed by atoms with Crippen molar-refractivity contribution < 1.29 is 23.9 Å². The van der Waals surface area contributed by atoms with Crippen LogP contribution in [0.25, 0.3) is 0 Å². The zero-order valence-corrected chi connectivity index (χ0v) is 14.1. The molecule has 0 radical (unpaired) electrons. The zero-order valence-electron chi connectivity index (χ0n) is 11.9. The summed E-state index contributed by atoms with van der Waals surface area (Å²) in [4.78, 5) is 36.5. The second-order valence-electron chi connectivity index (χ2n) is 5.23. The summed E-state index contributed by atoms with van der Waals surface area (Å²) in [6.07, 6.45) is 0. The maximum absolute atomic E-state index is 12.6.